The largest absolute Gasteiger partial charge is 0.451 e. The highest BCUT2D eigenvalue weighted by Gasteiger charge is 2.32. The van der Waals surface area contributed by atoms with Gasteiger partial charge in [0.2, 0.25) is 0 Å². The van der Waals surface area contributed by atoms with Crippen molar-refractivity contribution in [1.29, 1.82) is 0 Å². The normalized spacial score (nSPS) is 23.8. The van der Waals surface area contributed by atoms with Crippen LogP contribution in [0.2, 0.25) is 5.02 Å². The molecule has 2 fully saturated rings. The van der Waals surface area contributed by atoms with Gasteiger partial charge in [0.05, 0.1) is 5.02 Å². The molecule has 2 aliphatic heterocycles. The molecule has 0 spiro atoms. The van der Waals surface area contributed by atoms with E-state index in [1.165, 1.54) is 0 Å². The first-order valence-electron chi connectivity index (χ1n) is 8.57. The molecule has 24 heavy (non-hydrogen) atoms. The first-order valence-corrected chi connectivity index (χ1v) is 8.95. The average Bonchev–Trinajstić information content (AvgIpc) is 3.21. The van der Waals surface area contributed by atoms with Crippen LogP contribution in [-0.4, -0.2) is 37.0 Å². The molecule has 4 rings (SSSR count). The van der Waals surface area contributed by atoms with Crippen molar-refractivity contribution < 1.29 is 9.21 Å². The van der Waals surface area contributed by atoms with Gasteiger partial charge in [-0.3, -0.25) is 4.79 Å². The van der Waals surface area contributed by atoms with Crippen LogP contribution in [0.1, 0.15) is 23.4 Å². The molecule has 1 aromatic carbocycles. The summed E-state index contributed by atoms with van der Waals surface area (Å²) in [6, 6.07) is 11.1. The highest BCUT2D eigenvalue weighted by atomic mass is 35.5. The molecule has 126 valence electrons. The number of carbonyl (C=O) groups is 1. The molecule has 2 saturated heterocycles. The van der Waals surface area contributed by atoms with E-state index in [1.807, 2.05) is 35.2 Å². The lowest BCUT2D eigenvalue weighted by atomic mass is 9.92. The number of hydrogen-bond acceptors (Lipinski definition) is 3. The predicted molar refractivity (Wildman–Crippen MR) is 94.1 cm³/mol. The van der Waals surface area contributed by atoms with Gasteiger partial charge in [0, 0.05) is 18.7 Å². The van der Waals surface area contributed by atoms with Crippen LogP contribution in [0.4, 0.5) is 0 Å². The fraction of sp³-hybridized carbons (Fsp3) is 0.421. The summed E-state index contributed by atoms with van der Waals surface area (Å²) in [6.07, 6.45) is 2.14. The van der Waals surface area contributed by atoms with Crippen molar-refractivity contribution in [3.8, 4) is 11.3 Å². The number of nitrogens with one attached hydrogen (secondary N) is 1. The Morgan fingerprint density at radius 1 is 1.08 bits per heavy atom. The molecular formula is C19H21ClN2O2. The van der Waals surface area contributed by atoms with Crippen LogP contribution in [0.15, 0.2) is 40.8 Å². The first kappa shape index (κ1) is 15.7. The highest BCUT2D eigenvalue weighted by Crippen LogP contribution is 2.31. The van der Waals surface area contributed by atoms with Crippen LogP contribution < -0.4 is 5.32 Å². The van der Waals surface area contributed by atoms with Crippen LogP contribution >= 0.6 is 11.6 Å². The van der Waals surface area contributed by atoms with Gasteiger partial charge in [-0.15, -0.1) is 0 Å². The van der Waals surface area contributed by atoms with Gasteiger partial charge in [-0.2, -0.15) is 0 Å². The molecule has 2 aliphatic rings. The second kappa shape index (κ2) is 6.61. The molecule has 0 radical (unpaired) electrons. The van der Waals surface area contributed by atoms with Crippen molar-refractivity contribution in [1.82, 2.24) is 10.2 Å². The molecule has 3 heterocycles. The van der Waals surface area contributed by atoms with Crippen molar-refractivity contribution in [2.24, 2.45) is 11.8 Å². The minimum Gasteiger partial charge on any atom is -0.451 e. The lowest BCUT2D eigenvalue weighted by Gasteiger charge is -2.19. The van der Waals surface area contributed by atoms with Gasteiger partial charge in [-0.1, -0.05) is 23.7 Å². The number of nitrogens with zero attached hydrogens (tertiary/aromatic N) is 1. The van der Waals surface area contributed by atoms with E-state index in [-0.39, 0.29) is 5.91 Å². The summed E-state index contributed by atoms with van der Waals surface area (Å²) in [7, 11) is 0. The van der Waals surface area contributed by atoms with Gasteiger partial charge in [-0.05, 0) is 62.0 Å². The fourth-order valence-electron chi connectivity index (χ4n) is 3.84. The molecule has 1 amide bonds. The number of rotatable bonds is 2. The van der Waals surface area contributed by atoms with E-state index in [0.717, 1.165) is 44.6 Å². The molecule has 4 nitrogen and oxygen atoms in total. The lowest BCUT2D eigenvalue weighted by molar-refractivity contribution is 0.0727. The molecule has 0 unspecified atom stereocenters. The Morgan fingerprint density at radius 2 is 1.79 bits per heavy atom. The Balaban J connectivity index is 1.50. The van der Waals surface area contributed by atoms with Gasteiger partial charge < -0.3 is 14.6 Å². The molecule has 1 N–H and O–H groups in total. The number of hydrogen-bond donors (Lipinski definition) is 1. The minimum absolute atomic E-state index is 0.0127. The number of likely N-dealkylation sites (tertiary alicyclic amines) is 1. The number of benzene rings is 1. The summed E-state index contributed by atoms with van der Waals surface area (Å²) in [5, 5.41) is 4.09. The average molecular weight is 345 g/mol. The molecule has 2 atom stereocenters. The van der Waals surface area contributed by atoms with Crippen molar-refractivity contribution in [2.45, 2.75) is 12.8 Å². The summed E-state index contributed by atoms with van der Waals surface area (Å²) >= 11 is 6.21. The maximum absolute atomic E-state index is 12.8. The van der Waals surface area contributed by atoms with Gasteiger partial charge in [0.1, 0.15) is 5.76 Å². The summed E-state index contributed by atoms with van der Waals surface area (Å²) in [5.74, 6) is 2.44. The Kier molecular flexibility index (Phi) is 4.33. The fourth-order valence-corrected chi connectivity index (χ4v) is 4.06. The second-order valence-electron chi connectivity index (χ2n) is 6.69. The first-order chi connectivity index (χ1) is 11.7. The van der Waals surface area contributed by atoms with E-state index < -0.39 is 0 Å². The third-order valence-corrected chi connectivity index (χ3v) is 5.59. The lowest BCUT2D eigenvalue weighted by Crippen LogP contribution is -2.32. The Morgan fingerprint density at radius 3 is 2.50 bits per heavy atom. The van der Waals surface area contributed by atoms with Crippen LogP contribution in [-0.2, 0) is 0 Å². The standard InChI is InChI=1S/C19H21ClN2O2/c20-16-4-2-1-3-15(16)17-5-6-18(24-17)19(23)22-9-7-13-11-21-12-14(13)8-10-22/h1-6,13-14,21H,7-12H2/t13-,14+. The van der Waals surface area contributed by atoms with Crippen molar-refractivity contribution in [3.05, 3.63) is 47.2 Å². The number of halogens is 1. The smallest absolute Gasteiger partial charge is 0.289 e. The van der Waals surface area contributed by atoms with Gasteiger partial charge in [-0.25, -0.2) is 0 Å². The molecular weight excluding hydrogens is 324 g/mol. The van der Waals surface area contributed by atoms with Gasteiger partial charge in [0.25, 0.3) is 5.91 Å². The van der Waals surface area contributed by atoms with Crippen molar-refractivity contribution in [3.63, 3.8) is 0 Å². The monoisotopic (exact) mass is 344 g/mol. The minimum atomic E-state index is -0.0127. The molecule has 0 saturated carbocycles. The predicted octanol–water partition coefficient (Wildman–Crippen LogP) is 3.67. The van der Waals surface area contributed by atoms with Crippen LogP contribution in [0.3, 0.4) is 0 Å². The van der Waals surface area contributed by atoms with Gasteiger partial charge >= 0.3 is 0 Å². The molecule has 1 aromatic heterocycles. The second-order valence-corrected chi connectivity index (χ2v) is 7.10. The third kappa shape index (κ3) is 2.96. The molecule has 2 aromatic rings. The maximum Gasteiger partial charge on any atom is 0.289 e. The zero-order valence-electron chi connectivity index (χ0n) is 13.5. The topological polar surface area (TPSA) is 45.5 Å². The summed E-state index contributed by atoms with van der Waals surface area (Å²) in [5.41, 5.74) is 0.815. The van der Waals surface area contributed by atoms with E-state index in [9.17, 15) is 4.79 Å². The zero-order chi connectivity index (χ0) is 16.5. The quantitative estimate of drug-likeness (QED) is 0.904. The Bertz CT molecular complexity index is 728. The SMILES string of the molecule is O=C(c1ccc(-c2ccccc2Cl)o1)N1CC[C@@H]2CNC[C@@H]2CC1. The summed E-state index contributed by atoms with van der Waals surface area (Å²) in [4.78, 5) is 14.7. The summed E-state index contributed by atoms with van der Waals surface area (Å²) < 4.78 is 5.81. The van der Waals surface area contributed by atoms with Crippen molar-refractivity contribution in [2.75, 3.05) is 26.2 Å². The molecule has 0 aliphatic carbocycles. The van der Waals surface area contributed by atoms with Crippen LogP contribution in [0, 0.1) is 11.8 Å². The van der Waals surface area contributed by atoms with Gasteiger partial charge in [0.15, 0.2) is 5.76 Å². The van der Waals surface area contributed by atoms with E-state index in [1.54, 1.807) is 6.07 Å². The van der Waals surface area contributed by atoms with E-state index >= 15 is 0 Å². The molecule has 5 heteroatoms. The highest BCUT2D eigenvalue weighted by molar-refractivity contribution is 6.33. The van der Waals surface area contributed by atoms with Crippen LogP contribution in [0.5, 0.6) is 0 Å². The van der Waals surface area contributed by atoms with E-state index in [4.69, 9.17) is 16.0 Å². The Labute approximate surface area is 146 Å². The van der Waals surface area contributed by atoms with E-state index in [0.29, 0.717) is 28.4 Å². The van der Waals surface area contributed by atoms with Crippen LogP contribution in [0.25, 0.3) is 11.3 Å². The Hall–Kier alpha value is -1.78. The van der Waals surface area contributed by atoms with E-state index in [2.05, 4.69) is 5.32 Å². The van der Waals surface area contributed by atoms with Crippen molar-refractivity contribution >= 4 is 17.5 Å². The number of fused-ring (bicyclic) bond motifs is 1. The third-order valence-electron chi connectivity index (χ3n) is 5.26. The summed E-state index contributed by atoms with van der Waals surface area (Å²) in [6.45, 7) is 3.79. The zero-order valence-corrected chi connectivity index (χ0v) is 14.3. The number of carbonyl (C=O) groups excluding carboxylic acids is 1. The molecule has 0 bridgehead atoms. The number of furan rings is 1. The number of amides is 1. The maximum atomic E-state index is 12.8.